The molecule has 0 saturated carbocycles. The van der Waals surface area contributed by atoms with Crippen molar-refractivity contribution in [3.05, 3.63) is 77.5 Å². The number of hydrogen-bond acceptors (Lipinski definition) is 7. The van der Waals surface area contributed by atoms with Gasteiger partial charge in [0, 0.05) is 23.4 Å². The van der Waals surface area contributed by atoms with Crippen LogP contribution in [0.5, 0.6) is 23.0 Å². The van der Waals surface area contributed by atoms with Crippen LogP contribution in [0.25, 0.3) is 11.0 Å². The van der Waals surface area contributed by atoms with Crippen LogP contribution in [0.15, 0.2) is 65.2 Å². The van der Waals surface area contributed by atoms with Crippen molar-refractivity contribution in [2.75, 3.05) is 21.3 Å². The zero-order chi connectivity index (χ0) is 21.8. The second-order valence-electron chi connectivity index (χ2n) is 6.70. The molecule has 0 bridgehead atoms. The van der Waals surface area contributed by atoms with Crippen LogP contribution in [0.4, 0.5) is 0 Å². The van der Waals surface area contributed by atoms with E-state index in [-0.39, 0.29) is 5.56 Å². The second kappa shape index (κ2) is 8.79. The zero-order valence-corrected chi connectivity index (χ0v) is 17.4. The fourth-order valence-electron chi connectivity index (χ4n) is 3.40. The molecule has 0 fully saturated rings. The highest BCUT2D eigenvalue weighted by Gasteiger charge is 2.21. The van der Waals surface area contributed by atoms with E-state index in [0.717, 1.165) is 22.4 Å². The number of fused-ring (bicyclic) bond motifs is 1. The monoisotopic (exact) mass is 419 g/mol. The Hall–Kier alpha value is -4.00. The topological polar surface area (TPSA) is 80.0 Å². The minimum absolute atomic E-state index is 0.210. The number of esters is 1. The summed E-state index contributed by atoms with van der Waals surface area (Å²) in [5.74, 6) is 1.25. The molecule has 4 rings (SSSR count). The zero-order valence-electron chi connectivity index (χ0n) is 17.4. The quantitative estimate of drug-likeness (QED) is 0.318. The Morgan fingerprint density at radius 1 is 0.871 bits per heavy atom. The van der Waals surface area contributed by atoms with Gasteiger partial charge in [0.05, 0.1) is 27.0 Å². The molecule has 1 heterocycles. The number of rotatable bonds is 7. The van der Waals surface area contributed by atoms with Crippen molar-refractivity contribution in [1.29, 1.82) is 0 Å². The summed E-state index contributed by atoms with van der Waals surface area (Å²) in [5, 5.41) is 5.02. The van der Waals surface area contributed by atoms with Crippen molar-refractivity contribution in [3.63, 3.8) is 0 Å². The molecule has 0 N–H and O–H groups in total. The predicted octanol–water partition coefficient (Wildman–Crippen LogP) is 4.66. The highest BCUT2D eigenvalue weighted by atomic mass is 16.5. The summed E-state index contributed by atoms with van der Waals surface area (Å²) in [4.78, 5) is 12.8. The molecule has 3 aromatic carbocycles. The molecule has 0 atom stereocenters. The maximum Gasteiger partial charge on any atom is 0.351 e. The molecule has 0 saturated heterocycles. The third kappa shape index (κ3) is 4.02. The van der Waals surface area contributed by atoms with E-state index >= 15 is 0 Å². The van der Waals surface area contributed by atoms with Crippen LogP contribution < -0.4 is 18.9 Å². The summed E-state index contributed by atoms with van der Waals surface area (Å²) in [6.07, 6.45) is 0.550. The Kier molecular flexibility index (Phi) is 5.75. The first-order valence-electron chi connectivity index (χ1n) is 9.58. The van der Waals surface area contributed by atoms with Gasteiger partial charge < -0.3 is 23.5 Å². The summed E-state index contributed by atoms with van der Waals surface area (Å²) in [6.45, 7) is 0. The lowest BCUT2D eigenvalue weighted by molar-refractivity contribution is 0.0727. The summed E-state index contributed by atoms with van der Waals surface area (Å²) in [7, 11) is 4.60. The van der Waals surface area contributed by atoms with Gasteiger partial charge in [0.2, 0.25) is 0 Å². The number of methoxy groups -OCH3 is 3. The molecule has 0 aliphatic heterocycles. The van der Waals surface area contributed by atoms with Crippen molar-refractivity contribution in [2.45, 2.75) is 6.42 Å². The third-order valence-corrected chi connectivity index (χ3v) is 4.91. The number of aromatic nitrogens is 1. The minimum atomic E-state index is -0.595. The Balaban J connectivity index is 1.60. The molecule has 0 unspecified atom stereocenters. The maximum atomic E-state index is 12.8. The number of benzene rings is 3. The number of carbonyl (C=O) groups excluding carboxylic acids is 1. The number of para-hydroxylation sites is 1. The summed E-state index contributed by atoms with van der Waals surface area (Å²) in [5.41, 5.74) is 2.49. The molecule has 7 heteroatoms. The first-order valence-corrected chi connectivity index (χ1v) is 9.58. The Morgan fingerprint density at radius 3 is 2.26 bits per heavy atom. The van der Waals surface area contributed by atoms with E-state index in [4.69, 9.17) is 23.5 Å². The number of nitrogens with zero attached hydrogens (tertiary/aromatic N) is 1. The summed E-state index contributed by atoms with van der Waals surface area (Å²) >= 11 is 0. The first-order chi connectivity index (χ1) is 15.1. The minimum Gasteiger partial charge on any atom is -0.496 e. The molecule has 158 valence electrons. The highest BCUT2D eigenvalue weighted by Crippen LogP contribution is 2.31. The molecule has 0 aliphatic rings. The van der Waals surface area contributed by atoms with Crippen LogP contribution in [0.3, 0.4) is 0 Å². The van der Waals surface area contributed by atoms with Gasteiger partial charge in [-0.05, 0) is 30.3 Å². The van der Waals surface area contributed by atoms with Gasteiger partial charge in [0.15, 0.2) is 5.58 Å². The number of ether oxygens (including phenoxy) is 4. The van der Waals surface area contributed by atoms with E-state index in [1.165, 1.54) is 14.2 Å². The van der Waals surface area contributed by atoms with Gasteiger partial charge >= 0.3 is 5.97 Å². The molecule has 1 aromatic heterocycles. The van der Waals surface area contributed by atoms with E-state index in [2.05, 4.69) is 5.16 Å². The van der Waals surface area contributed by atoms with E-state index in [1.54, 1.807) is 37.4 Å². The van der Waals surface area contributed by atoms with Crippen LogP contribution >= 0.6 is 0 Å². The maximum absolute atomic E-state index is 12.8. The van der Waals surface area contributed by atoms with E-state index < -0.39 is 5.97 Å². The predicted molar refractivity (Wildman–Crippen MR) is 114 cm³/mol. The molecule has 0 radical (unpaired) electrons. The van der Waals surface area contributed by atoms with Crippen molar-refractivity contribution in [2.24, 2.45) is 0 Å². The summed E-state index contributed by atoms with van der Waals surface area (Å²) in [6, 6.07) is 18.0. The van der Waals surface area contributed by atoms with Gasteiger partial charge in [0.25, 0.3) is 0 Å². The standard InChI is InChI=1S/C24H21NO6/c1-27-19-8-5-4-7-15(19)13-18-17-12-11-16(14-22(17)31-25-18)30-24(26)23-20(28-2)9-6-10-21(23)29-3/h4-12,14H,13H2,1-3H3. The normalized spacial score (nSPS) is 10.7. The van der Waals surface area contributed by atoms with Crippen LogP contribution in [0, 0.1) is 0 Å². The molecule has 4 aromatic rings. The Bertz CT molecular complexity index is 1210. The van der Waals surface area contributed by atoms with Gasteiger partial charge in [-0.15, -0.1) is 0 Å². The van der Waals surface area contributed by atoms with Crippen molar-refractivity contribution >= 4 is 16.9 Å². The molecule has 7 nitrogen and oxygen atoms in total. The van der Waals surface area contributed by atoms with Crippen LogP contribution in [-0.2, 0) is 6.42 Å². The van der Waals surface area contributed by atoms with E-state index in [0.29, 0.717) is 29.3 Å². The highest BCUT2D eigenvalue weighted by molar-refractivity contribution is 5.97. The molecule has 0 aliphatic carbocycles. The SMILES string of the molecule is COc1ccccc1Cc1noc2cc(OC(=O)c3c(OC)cccc3OC)ccc12. The first kappa shape index (κ1) is 20.3. The van der Waals surface area contributed by atoms with Crippen molar-refractivity contribution in [1.82, 2.24) is 5.16 Å². The van der Waals surface area contributed by atoms with Gasteiger partial charge in [-0.1, -0.05) is 29.4 Å². The van der Waals surface area contributed by atoms with Gasteiger partial charge in [-0.25, -0.2) is 4.79 Å². The largest absolute Gasteiger partial charge is 0.496 e. The smallest absolute Gasteiger partial charge is 0.351 e. The van der Waals surface area contributed by atoms with Gasteiger partial charge in [0.1, 0.15) is 28.6 Å². The molecule has 0 amide bonds. The molecular weight excluding hydrogens is 398 g/mol. The van der Waals surface area contributed by atoms with Gasteiger partial charge in [-0.3, -0.25) is 0 Å². The Labute approximate surface area is 179 Å². The average Bonchev–Trinajstić information content (AvgIpc) is 3.20. The van der Waals surface area contributed by atoms with E-state index in [1.807, 2.05) is 30.3 Å². The van der Waals surface area contributed by atoms with E-state index in [9.17, 15) is 4.79 Å². The van der Waals surface area contributed by atoms with Crippen LogP contribution in [-0.4, -0.2) is 32.5 Å². The van der Waals surface area contributed by atoms with Crippen LogP contribution in [0.1, 0.15) is 21.6 Å². The lowest BCUT2D eigenvalue weighted by atomic mass is 10.1. The second-order valence-corrected chi connectivity index (χ2v) is 6.70. The fraction of sp³-hybridized carbons (Fsp3) is 0.167. The van der Waals surface area contributed by atoms with Crippen molar-refractivity contribution < 1.29 is 28.3 Å². The number of carbonyl (C=O) groups is 1. The lowest BCUT2D eigenvalue weighted by Gasteiger charge is -2.12. The van der Waals surface area contributed by atoms with Crippen molar-refractivity contribution in [3.8, 4) is 23.0 Å². The van der Waals surface area contributed by atoms with Gasteiger partial charge in [-0.2, -0.15) is 0 Å². The average molecular weight is 419 g/mol. The number of hydrogen-bond donors (Lipinski definition) is 0. The Morgan fingerprint density at radius 2 is 1.55 bits per heavy atom. The summed E-state index contributed by atoms with van der Waals surface area (Å²) < 4.78 is 27.0. The lowest BCUT2D eigenvalue weighted by Crippen LogP contribution is -2.11. The fourth-order valence-corrected chi connectivity index (χ4v) is 3.40. The third-order valence-electron chi connectivity index (χ3n) is 4.91. The molecular formula is C24H21NO6. The molecule has 31 heavy (non-hydrogen) atoms. The van der Waals surface area contributed by atoms with Crippen LogP contribution in [0.2, 0.25) is 0 Å². The molecule has 0 spiro atoms.